The van der Waals surface area contributed by atoms with Gasteiger partial charge in [-0.3, -0.25) is 10.1 Å². The van der Waals surface area contributed by atoms with Crippen molar-refractivity contribution < 1.29 is 27.8 Å². The Hall–Kier alpha value is -1.40. The molecule has 1 aliphatic rings. The molecule has 1 fully saturated rings. The van der Waals surface area contributed by atoms with Crippen LogP contribution < -0.4 is 5.32 Å². The number of rotatable bonds is 3. The number of esters is 1. The lowest BCUT2D eigenvalue weighted by atomic mass is 9.88. The third kappa shape index (κ3) is 5.85. The van der Waals surface area contributed by atoms with Crippen LogP contribution in [-0.2, 0) is 14.3 Å². The molecule has 0 bridgehead atoms. The van der Waals surface area contributed by atoms with Gasteiger partial charge in [0, 0.05) is 19.3 Å². The first-order valence-electron chi connectivity index (χ1n) is 7.08. The molecule has 0 aromatic rings. The Labute approximate surface area is 123 Å². The third-order valence-electron chi connectivity index (χ3n) is 2.99. The molecule has 1 rings (SSSR count). The minimum absolute atomic E-state index is 0.0450. The Morgan fingerprint density at radius 3 is 2.33 bits per heavy atom. The zero-order valence-electron chi connectivity index (χ0n) is 12.9. The smallest absolute Gasteiger partial charge is 0.410 e. The number of alkyl halides is 2. The van der Waals surface area contributed by atoms with Crippen molar-refractivity contribution in [2.24, 2.45) is 0 Å². The van der Waals surface area contributed by atoms with Crippen LogP contribution in [0.5, 0.6) is 0 Å². The Bertz CT molecular complexity index is 406. The first-order chi connectivity index (χ1) is 9.47. The first-order valence-corrected chi connectivity index (χ1v) is 7.08. The number of ether oxygens (including phenoxy) is 2. The van der Waals surface area contributed by atoms with Crippen LogP contribution in [0.25, 0.3) is 0 Å². The van der Waals surface area contributed by atoms with E-state index in [0.29, 0.717) is 0 Å². The molecule has 1 amide bonds. The normalized spacial score (nSPS) is 25.0. The molecular weight excluding hydrogens is 284 g/mol. The van der Waals surface area contributed by atoms with Gasteiger partial charge in [0.25, 0.3) is 5.92 Å². The zero-order chi connectivity index (χ0) is 16.3. The van der Waals surface area contributed by atoms with Gasteiger partial charge in [-0.25, -0.2) is 13.6 Å². The largest absolute Gasteiger partial charge is 0.444 e. The second-order valence-corrected chi connectivity index (χ2v) is 6.34. The molecule has 1 aliphatic carbocycles. The molecule has 1 N–H and O–H groups in total. The lowest BCUT2D eigenvalue weighted by Gasteiger charge is -2.40. The van der Waals surface area contributed by atoms with Crippen molar-refractivity contribution in [1.29, 1.82) is 0 Å². The van der Waals surface area contributed by atoms with E-state index < -0.39 is 35.7 Å². The average Bonchev–Trinajstić information content (AvgIpc) is 2.23. The molecule has 1 saturated carbocycles. The summed E-state index contributed by atoms with van der Waals surface area (Å²) in [6.45, 7) is 6.54. The van der Waals surface area contributed by atoms with Crippen molar-refractivity contribution in [1.82, 2.24) is 5.32 Å². The van der Waals surface area contributed by atoms with Gasteiger partial charge < -0.3 is 9.47 Å². The minimum atomic E-state index is -2.98. The van der Waals surface area contributed by atoms with Crippen LogP contribution in [0.2, 0.25) is 0 Å². The molecule has 21 heavy (non-hydrogen) atoms. The van der Waals surface area contributed by atoms with E-state index in [-0.39, 0.29) is 25.7 Å². The van der Waals surface area contributed by atoms with Crippen LogP contribution in [0.4, 0.5) is 13.6 Å². The van der Waals surface area contributed by atoms with E-state index in [0.717, 1.165) is 0 Å². The molecule has 122 valence electrons. The van der Waals surface area contributed by atoms with Crippen LogP contribution in [-0.4, -0.2) is 29.3 Å². The number of hydrogen-bond donors (Lipinski definition) is 1. The van der Waals surface area contributed by atoms with Gasteiger partial charge in [-0.1, -0.05) is 6.92 Å². The maximum Gasteiger partial charge on any atom is 0.410 e. The molecule has 7 heteroatoms. The van der Waals surface area contributed by atoms with Crippen LogP contribution in [0.3, 0.4) is 0 Å². The standard InChI is InChI=1S/C14H23F2NO4/c1-5-10(18)20-14(8-6-7-13(15,16)9-14)17-11(19)21-12(2,3)4/h5-9H2,1-4H3,(H,17,19). The van der Waals surface area contributed by atoms with Gasteiger partial charge in [0.1, 0.15) is 5.60 Å². The fourth-order valence-corrected chi connectivity index (χ4v) is 2.23. The quantitative estimate of drug-likeness (QED) is 0.641. The lowest BCUT2D eigenvalue weighted by Crippen LogP contribution is -2.57. The maximum atomic E-state index is 13.7. The SMILES string of the molecule is CCC(=O)OC1(NC(=O)OC(C)(C)C)CCCC(F)(F)C1. The summed E-state index contributed by atoms with van der Waals surface area (Å²) in [5.74, 6) is -3.62. The summed E-state index contributed by atoms with van der Waals surface area (Å²) in [5.41, 5.74) is -2.46. The van der Waals surface area contributed by atoms with Crippen LogP contribution >= 0.6 is 0 Å². The fourth-order valence-electron chi connectivity index (χ4n) is 2.23. The summed E-state index contributed by atoms with van der Waals surface area (Å²) in [5, 5.41) is 2.33. The summed E-state index contributed by atoms with van der Waals surface area (Å²) in [6, 6.07) is 0. The van der Waals surface area contributed by atoms with Crippen LogP contribution in [0, 0.1) is 0 Å². The Balaban J connectivity index is 2.87. The third-order valence-corrected chi connectivity index (χ3v) is 2.99. The predicted octanol–water partition coefficient (Wildman–Crippen LogP) is 3.37. The van der Waals surface area contributed by atoms with Crippen molar-refractivity contribution in [3.8, 4) is 0 Å². The van der Waals surface area contributed by atoms with E-state index in [1.807, 2.05) is 0 Å². The second-order valence-electron chi connectivity index (χ2n) is 6.34. The highest BCUT2D eigenvalue weighted by atomic mass is 19.3. The summed E-state index contributed by atoms with van der Waals surface area (Å²) < 4.78 is 37.5. The van der Waals surface area contributed by atoms with E-state index in [4.69, 9.17) is 9.47 Å². The molecule has 0 aromatic heterocycles. The van der Waals surface area contributed by atoms with Crippen LogP contribution in [0.15, 0.2) is 0 Å². The molecule has 0 aliphatic heterocycles. The van der Waals surface area contributed by atoms with Crippen molar-refractivity contribution in [2.75, 3.05) is 0 Å². The van der Waals surface area contributed by atoms with E-state index in [1.165, 1.54) is 0 Å². The number of alkyl carbamates (subject to hydrolysis) is 1. The highest BCUT2D eigenvalue weighted by Gasteiger charge is 2.49. The molecule has 0 spiro atoms. The Morgan fingerprint density at radius 1 is 1.24 bits per heavy atom. The number of carbonyl (C=O) groups is 2. The molecule has 1 atom stereocenters. The molecule has 5 nitrogen and oxygen atoms in total. The second kappa shape index (κ2) is 6.15. The number of carbonyl (C=O) groups excluding carboxylic acids is 2. The van der Waals surface area contributed by atoms with Crippen molar-refractivity contribution >= 4 is 12.1 Å². The van der Waals surface area contributed by atoms with E-state index >= 15 is 0 Å². The highest BCUT2D eigenvalue weighted by Crippen LogP contribution is 2.40. The highest BCUT2D eigenvalue weighted by molar-refractivity contribution is 5.72. The number of amides is 1. The van der Waals surface area contributed by atoms with Gasteiger partial charge in [-0.2, -0.15) is 0 Å². The van der Waals surface area contributed by atoms with E-state index in [2.05, 4.69) is 5.32 Å². The summed E-state index contributed by atoms with van der Waals surface area (Å²) in [7, 11) is 0. The van der Waals surface area contributed by atoms with Gasteiger partial charge in [0.2, 0.25) is 0 Å². The number of nitrogens with one attached hydrogen (secondary N) is 1. The van der Waals surface area contributed by atoms with Gasteiger partial charge in [0.15, 0.2) is 5.72 Å². The van der Waals surface area contributed by atoms with Crippen molar-refractivity contribution in [3.63, 3.8) is 0 Å². The van der Waals surface area contributed by atoms with Gasteiger partial charge >= 0.3 is 12.1 Å². The zero-order valence-corrected chi connectivity index (χ0v) is 12.9. The monoisotopic (exact) mass is 307 g/mol. The molecular formula is C14H23F2NO4. The average molecular weight is 307 g/mol. The Kier molecular flexibility index (Phi) is 5.17. The molecule has 0 heterocycles. The van der Waals surface area contributed by atoms with Crippen molar-refractivity contribution in [2.45, 2.75) is 77.0 Å². The molecule has 0 saturated heterocycles. The topological polar surface area (TPSA) is 64.6 Å². The lowest BCUT2D eigenvalue weighted by molar-refractivity contribution is -0.185. The van der Waals surface area contributed by atoms with Gasteiger partial charge in [-0.15, -0.1) is 0 Å². The summed E-state index contributed by atoms with van der Waals surface area (Å²) in [6.07, 6.45) is -1.54. The minimum Gasteiger partial charge on any atom is -0.444 e. The number of halogens is 2. The maximum absolute atomic E-state index is 13.7. The van der Waals surface area contributed by atoms with Gasteiger partial charge in [-0.05, 0) is 27.2 Å². The van der Waals surface area contributed by atoms with E-state index in [1.54, 1.807) is 27.7 Å². The Morgan fingerprint density at radius 2 is 1.86 bits per heavy atom. The van der Waals surface area contributed by atoms with Crippen LogP contribution in [0.1, 0.15) is 59.8 Å². The summed E-state index contributed by atoms with van der Waals surface area (Å²) >= 11 is 0. The van der Waals surface area contributed by atoms with E-state index in [9.17, 15) is 18.4 Å². The molecule has 1 unspecified atom stereocenters. The molecule has 0 radical (unpaired) electrons. The summed E-state index contributed by atoms with van der Waals surface area (Å²) in [4.78, 5) is 23.3. The van der Waals surface area contributed by atoms with Gasteiger partial charge in [0.05, 0.1) is 6.42 Å². The fraction of sp³-hybridized carbons (Fsp3) is 0.857. The predicted molar refractivity (Wildman–Crippen MR) is 71.9 cm³/mol. The number of hydrogen-bond acceptors (Lipinski definition) is 4. The molecule has 0 aromatic carbocycles. The first kappa shape index (κ1) is 17.7. The van der Waals surface area contributed by atoms with Crippen molar-refractivity contribution in [3.05, 3.63) is 0 Å².